The summed E-state index contributed by atoms with van der Waals surface area (Å²) in [6.07, 6.45) is 6.53. The predicted molar refractivity (Wildman–Crippen MR) is 133 cm³/mol. The summed E-state index contributed by atoms with van der Waals surface area (Å²) in [4.78, 5) is 31.1. The average molecular weight is 521 g/mol. The number of aliphatic hydroxyl groups excluding tert-OH is 2. The Bertz CT molecular complexity index is 934. The molecule has 10 heteroatoms. The number of rotatable bonds is 5. The molecule has 0 aromatic rings. The molecule has 0 aromatic heterocycles. The first kappa shape index (κ1) is 25.7. The van der Waals surface area contributed by atoms with Gasteiger partial charge in [-0.15, -0.1) is 0 Å². The van der Waals surface area contributed by atoms with E-state index in [-0.39, 0.29) is 48.6 Å². The van der Waals surface area contributed by atoms with E-state index in [0.29, 0.717) is 18.4 Å². The van der Waals surface area contributed by atoms with E-state index in [2.05, 4.69) is 15.1 Å². The van der Waals surface area contributed by atoms with Crippen molar-refractivity contribution >= 4 is 11.7 Å². The van der Waals surface area contributed by atoms with Gasteiger partial charge in [0.2, 0.25) is 0 Å². The highest BCUT2D eigenvalue weighted by atomic mass is 19.1. The maximum atomic E-state index is 16.0. The maximum Gasteiger partial charge on any atom is 0.256 e. The zero-order valence-electron chi connectivity index (χ0n) is 21.4. The van der Waals surface area contributed by atoms with Gasteiger partial charge in [-0.1, -0.05) is 25.7 Å². The Balaban J connectivity index is 1.34. The number of carbonyl (C=O) groups is 2. The summed E-state index contributed by atoms with van der Waals surface area (Å²) in [5.41, 5.74) is 6.21. The molecular weight excluding hydrogens is 479 g/mol. The fourth-order valence-corrected chi connectivity index (χ4v) is 8.32. The fourth-order valence-electron chi connectivity index (χ4n) is 8.32. The Labute approximate surface area is 217 Å². The average Bonchev–Trinajstić information content (AvgIpc) is 3.32. The van der Waals surface area contributed by atoms with E-state index in [1.54, 1.807) is 6.20 Å². The van der Waals surface area contributed by atoms with Crippen LogP contribution in [0, 0.1) is 17.8 Å². The fraction of sp³-hybridized carbons (Fsp3) is 0.852. The number of carbonyl (C=O) groups excluding carboxylic acids is 2. The number of Topliss-reactive ketones (excluding diaryl/α,β-unsaturated/α-hetero) is 1. The SMILES string of the molecule is NC1CCN(C2C(F)CC3C(=O)C(C(=O)NCC(O)CO)=CN4C5CC6CCCCC6CC5OC2C34)C1. The molecule has 206 valence electrons. The first-order valence-electron chi connectivity index (χ1n) is 14.3. The number of nitrogens with one attached hydrogen (secondary N) is 1. The normalized spacial score (nSPS) is 44.4. The molecule has 0 aromatic carbocycles. The third-order valence-corrected chi connectivity index (χ3v) is 10.1. The van der Waals surface area contributed by atoms with Crippen LogP contribution in [0.1, 0.15) is 51.4 Å². The Kier molecular flexibility index (Phi) is 7.07. The minimum absolute atomic E-state index is 0.0189. The van der Waals surface area contributed by atoms with Crippen LogP contribution >= 0.6 is 0 Å². The van der Waals surface area contributed by atoms with Crippen LogP contribution in [0.5, 0.6) is 0 Å². The van der Waals surface area contributed by atoms with Gasteiger partial charge in [0.05, 0.1) is 48.6 Å². The van der Waals surface area contributed by atoms with E-state index in [0.717, 1.165) is 25.8 Å². The number of hydrogen-bond donors (Lipinski definition) is 4. The highest BCUT2D eigenvalue weighted by molar-refractivity contribution is 6.20. The lowest BCUT2D eigenvalue weighted by atomic mass is 9.64. The molecule has 11 atom stereocenters. The van der Waals surface area contributed by atoms with E-state index < -0.39 is 42.9 Å². The number of halogens is 1. The number of morpholine rings is 1. The van der Waals surface area contributed by atoms with Crippen molar-refractivity contribution in [3.05, 3.63) is 11.8 Å². The van der Waals surface area contributed by atoms with Gasteiger partial charge in [0.25, 0.3) is 5.91 Å². The molecule has 3 saturated carbocycles. The van der Waals surface area contributed by atoms with Crippen molar-refractivity contribution in [2.45, 2.75) is 100 Å². The third kappa shape index (κ3) is 4.52. The number of nitrogens with zero attached hydrogens (tertiary/aromatic N) is 2. The summed E-state index contributed by atoms with van der Waals surface area (Å²) in [5, 5.41) is 21.4. The van der Waals surface area contributed by atoms with Gasteiger partial charge in [-0.3, -0.25) is 14.5 Å². The number of ketones is 1. The molecule has 9 nitrogen and oxygen atoms in total. The van der Waals surface area contributed by atoms with Gasteiger partial charge >= 0.3 is 0 Å². The van der Waals surface area contributed by atoms with Gasteiger partial charge in [-0.05, 0) is 37.5 Å². The minimum Gasteiger partial charge on any atom is -0.394 e. The van der Waals surface area contributed by atoms with Gasteiger partial charge < -0.3 is 30.9 Å². The highest BCUT2D eigenvalue weighted by Gasteiger charge is 2.60. The van der Waals surface area contributed by atoms with Crippen molar-refractivity contribution in [2.75, 3.05) is 26.2 Å². The zero-order chi connectivity index (χ0) is 25.8. The van der Waals surface area contributed by atoms with Crippen LogP contribution < -0.4 is 11.1 Å². The maximum absolute atomic E-state index is 16.0. The van der Waals surface area contributed by atoms with Crippen LogP contribution in [-0.4, -0.2) is 107 Å². The van der Waals surface area contributed by atoms with E-state index in [1.165, 1.54) is 25.7 Å². The quantitative estimate of drug-likeness (QED) is 0.376. The van der Waals surface area contributed by atoms with Gasteiger partial charge in [-0.25, -0.2) is 4.39 Å². The number of fused-ring (bicyclic) bond motifs is 3. The second-order valence-electron chi connectivity index (χ2n) is 12.3. The van der Waals surface area contributed by atoms with E-state index in [4.69, 9.17) is 15.6 Å². The summed E-state index contributed by atoms with van der Waals surface area (Å²) in [6.45, 7) is 0.720. The van der Waals surface area contributed by atoms with Gasteiger partial charge in [0.15, 0.2) is 5.78 Å². The van der Waals surface area contributed by atoms with Crippen molar-refractivity contribution in [3.63, 3.8) is 0 Å². The second-order valence-corrected chi connectivity index (χ2v) is 12.3. The number of nitrogens with two attached hydrogens (primary N) is 1. The summed E-state index contributed by atoms with van der Waals surface area (Å²) in [5.74, 6) is -0.365. The van der Waals surface area contributed by atoms with Crippen molar-refractivity contribution in [1.29, 1.82) is 0 Å². The number of alkyl halides is 1. The first-order valence-corrected chi connectivity index (χ1v) is 14.3. The summed E-state index contributed by atoms with van der Waals surface area (Å²) >= 11 is 0. The standard InChI is InChI=1S/C27H41FN4O5/c28-20-9-18-23-26(24(20)31-6-5-16(29)11-31)37-22-8-15-4-2-1-3-14(15)7-21(22)32(23)12-19(25(18)35)27(36)30-10-17(34)13-33/h12,14-18,20-24,26,33-34H,1-11,13,29H2,(H,30,36). The molecular formula is C27H41FN4O5. The molecule has 0 spiro atoms. The summed E-state index contributed by atoms with van der Waals surface area (Å²) in [6, 6.07) is -0.673. The molecule has 0 radical (unpaired) electrons. The number of ether oxygens (including phenoxy) is 1. The predicted octanol–water partition coefficient (Wildman–Crippen LogP) is 0.0888. The van der Waals surface area contributed by atoms with Crippen LogP contribution in [0.3, 0.4) is 0 Å². The molecule has 6 rings (SSSR count). The monoisotopic (exact) mass is 520 g/mol. The smallest absolute Gasteiger partial charge is 0.256 e. The van der Waals surface area contributed by atoms with Gasteiger partial charge in [-0.2, -0.15) is 0 Å². The Morgan fingerprint density at radius 1 is 1.19 bits per heavy atom. The molecule has 3 aliphatic heterocycles. The van der Waals surface area contributed by atoms with Crippen molar-refractivity contribution in [2.24, 2.45) is 23.5 Å². The van der Waals surface area contributed by atoms with E-state index in [9.17, 15) is 14.7 Å². The van der Waals surface area contributed by atoms with Crippen molar-refractivity contribution in [3.8, 4) is 0 Å². The third-order valence-electron chi connectivity index (χ3n) is 10.1. The molecule has 2 saturated heterocycles. The number of amides is 1. The molecule has 6 aliphatic rings. The molecule has 37 heavy (non-hydrogen) atoms. The van der Waals surface area contributed by atoms with Gasteiger partial charge in [0, 0.05) is 37.8 Å². The molecule has 3 aliphatic carbocycles. The lowest BCUT2D eigenvalue weighted by Gasteiger charge is -2.61. The Morgan fingerprint density at radius 2 is 1.95 bits per heavy atom. The second kappa shape index (κ2) is 10.2. The molecule has 1 amide bonds. The van der Waals surface area contributed by atoms with E-state index >= 15 is 4.39 Å². The van der Waals surface area contributed by atoms with Crippen LogP contribution in [0.15, 0.2) is 11.8 Å². The number of likely N-dealkylation sites (tertiary alicyclic amines) is 1. The lowest BCUT2D eigenvalue weighted by molar-refractivity contribution is -0.219. The van der Waals surface area contributed by atoms with Crippen LogP contribution in [0.4, 0.5) is 4.39 Å². The van der Waals surface area contributed by atoms with E-state index in [1.807, 2.05) is 0 Å². The number of hydrogen-bond acceptors (Lipinski definition) is 8. The topological polar surface area (TPSA) is 128 Å². The van der Waals surface area contributed by atoms with Crippen molar-refractivity contribution in [1.82, 2.24) is 15.1 Å². The van der Waals surface area contributed by atoms with Crippen molar-refractivity contribution < 1.29 is 28.9 Å². The number of aliphatic hydroxyl groups is 2. The van der Waals surface area contributed by atoms with Crippen LogP contribution in [0.2, 0.25) is 0 Å². The summed E-state index contributed by atoms with van der Waals surface area (Å²) in [7, 11) is 0. The van der Waals surface area contributed by atoms with Crippen LogP contribution in [-0.2, 0) is 14.3 Å². The van der Waals surface area contributed by atoms with Crippen LogP contribution in [0.25, 0.3) is 0 Å². The highest BCUT2D eigenvalue weighted by Crippen LogP contribution is 2.50. The zero-order valence-corrected chi connectivity index (χ0v) is 21.4. The molecule has 5 fully saturated rings. The Hall–Kier alpha value is -1.59. The first-order chi connectivity index (χ1) is 17.9. The molecule has 5 N–H and O–H groups in total. The molecule has 11 unspecified atom stereocenters. The Morgan fingerprint density at radius 3 is 2.65 bits per heavy atom. The summed E-state index contributed by atoms with van der Waals surface area (Å²) < 4.78 is 22.8. The minimum atomic E-state index is -1.25. The lowest BCUT2D eigenvalue weighted by Crippen LogP contribution is -2.73. The molecule has 0 bridgehead atoms. The largest absolute Gasteiger partial charge is 0.394 e. The van der Waals surface area contributed by atoms with Gasteiger partial charge in [0.1, 0.15) is 6.17 Å². The molecule has 3 heterocycles.